The summed E-state index contributed by atoms with van der Waals surface area (Å²) in [4.78, 5) is 0. The molecule has 18 heavy (non-hydrogen) atoms. The van der Waals surface area contributed by atoms with Crippen LogP contribution in [0.5, 0.6) is 0 Å². The quantitative estimate of drug-likeness (QED) is 0.849. The predicted molar refractivity (Wildman–Crippen MR) is 56.6 cm³/mol. The number of hydrogen-bond acceptors (Lipinski definition) is 3. The van der Waals surface area contributed by atoms with E-state index in [4.69, 9.17) is 4.74 Å². The van der Waals surface area contributed by atoms with Gasteiger partial charge in [-0.1, -0.05) is 6.07 Å². The molecule has 0 aromatic heterocycles. The van der Waals surface area contributed by atoms with Gasteiger partial charge in [-0.25, -0.2) is 13.2 Å². The molecule has 0 spiro atoms. The summed E-state index contributed by atoms with van der Waals surface area (Å²) in [6, 6.07) is 2.60. The van der Waals surface area contributed by atoms with E-state index in [1.54, 1.807) is 0 Å². The molecule has 2 rings (SSSR count). The molecule has 0 bridgehead atoms. The molecule has 6 heteroatoms. The molecule has 0 unspecified atom stereocenters. The summed E-state index contributed by atoms with van der Waals surface area (Å²) in [6.45, 7) is 1.49. The van der Waals surface area contributed by atoms with Gasteiger partial charge in [0.1, 0.15) is 18.3 Å². The van der Waals surface area contributed by atoms with Crippen molar-refractivity contribution in [2.24, 2.45) is 0 Å². The van der Waals surface area contributed by atoms with Gasteiger partial charge in [-0.15, -0.1) is 0 Å². The van der Waals surface area contributed by atoms with Crippen LogP contribution >= 0.6 is 0 Å². The molecule has 1 heterocycles. The molecular weight excluding hydrogens is 249 g/mol. The minimum absolute atomic E-state index is 0.140. The topological polar surface area (TPSA) is 49.7 Å². The van der Waals surface area contributed by atoms with Crippen LogP contribution in [0.1, 0.15) is 18.7 Å². The van der Waals surface area contributed by atoms with E-state index >= 15 is 0 Å². The van der Waals surface area contributed by atoms with Crippen LogP contribution in [0.2, 0.25) is 0 Å². The van der Waals surface area contributed by atoms with Crippen LogP contribution in [0.4, 0.5) is 13.2 Å². The molecule has 1 fully saturated rings. The molecule has 1 aromatic carbocycles. The number of halogens is 3. The molecule has 0 aliphatic carbocycles. The number of rotatable bonds is 2. The van der Waals surface area contributed by atoms with Gasteiger partial charge in [-0.2, -0.15) is 0 Å². The maximum absolute atomic E-state index is 14.1. The highest BCUT2D eigenvalue weighted by atomic mass is 19.2. The molecule has 0 saturated carbocycles. The highest BCUT2D eigenvalue weighted by molar-refractivity contribution is 5.22. The Morgan fingerprint density at radius 1 is 1.17 bits per heavy atom. The lowest BCUT2D eigenvalue weighted by Crippen LogP contribution is -2.33. The van der Waals surface area contributed by atoms with Crippen molar-refractivity contribution < 1.29 is 28.1 Å². The molecular formula is C12H13F3O3. The molecule has 2 N–H and O–H groups in total. The minimum Gasteiger partial charge on any atom is -0.388 e. The maximum Gasteiger partial charge on any atom is 0.159 e. The predicted octanol–water partition coefficient (Wildman–Crippen LogP) is 1.48. The molecule has 0 amide bonds. The summed E-state index contributed by atoms with van der Waals surface area (Å²) in [5.41, 5.74) is -0.140. The van der Waals surface area contributed by atoms with Crippen molar-refractivity contribution in [3.8, 4) is 0 Å². The Morgan fingerprint density at radius 2 is 1.83 bits per heavy atom. The third-order valence-electron chi connectivity index (χ3n) is 3.09. The molecule has 1 aliphatic heterocycles. The van der Waals surface area contributed by atoms with Crippen LogP contribution in [0, 0.1) is 11.6 Å². The lowest BCUT2D eigenvalue weighted by Gasteiger charge is -2.19. The summed E-state index contributed by atoms with van der Waals surface area (Å²) in [5, 5.41) is 19.1. The summed E-state index contributed by atoms with van der Waals surface area (Å²) in [6.07, 6.45) is -6.44. The second-order valence-electron chi connectivity index (χ2n) is 4.36. The van der Waals surface area contributed by atoms with Crippen molar-refractivity contribution in [2.45, 2.75) is 37.5 Å². The maximum atomic E-state index is 14.1. The van der Waals surface area contributed by atoms with E-state index in [2.05, 4.69) is 0 Å². The van der Waals surface area contributed by atoms with Gasteiger partial charge in [0.05, 0.1) is 6.10 Å². The average Bonchev–Trinajstić information content (AvgIpc) is 2.60. The number of benzene rings is 1. The molecule has 1 saturated heterocycles. The van der Waals surface area contributed by atoms with Crippen molar-refractivity contribution in [3.63, 3.8) is 0 Å². The zero-order valence-electron chi connectivity index (χ0n) is 9.56. The van der Waals surface area contributed by atoms with E-state index in [-0.39, 0.29) is 5.56 Å². The van der Waals surface area contributed by atoms with Gasteiger partial charge in [0.15, 0.2) is 17.8 Å². The fraction of sp³-hybridized carbons (Fsp3) is 0.500. The highest BCUT2D eigenvalue weighted by Gasteiger charge is 2.45. The number of hydrogen-bond donors (Lipinski definition) is 2. The summed E-state index contributed by atoms with van der Waals surface area (Å²) in [5.74, 6) is -2.25. The molecule has 1 aliphatic rings. The van der Waals surface area contributed by atoms with Crippen LogP contribution in [-0.2, 0) is 4.74 Å². The largest absolute Gasteiger partial charge is 0.388 e. The minimum atomic E-state index is -1.84. The zero-order valence-corrected chi connectivity index (χ0v) is 9.56. The van der Waals surface area contributed by atoms with Crippen LogP contribution < -0.4 is 0 Å². The second kappa shape index (κ2) is 4.87. The van der Waals surface area contributed by atoms with Gasteiger partial charge in [0, 0.05) is 0 Å². The highest BCUT2D eigenvalue weighted by Crippen LogP contribution is 2.33. The van der Waals surface area contributed by atoms with Crippen LogP contribution in [0.3, 0.4) is 0 Å². The SMILES string of the molecule is C[C@@H]1O[C@H]([C@@H](F)c2ccc(F)c(F)c2)[C@@H](O)[C@H]1O. The number of ether oxygens (including phenoxy) is 1. The van der Waals surface area contributed by atoms with Crippen molar-refractivity contribution in [2.75, 3.05) is 0 Å². The van der Waals surface area contributed by atoms with E-state index in [0.717, 1.165) is 12.1 Å². The van der Waals surface area contributed by atoms with Crippen molar-refractivity contribution in [1.82, 2.24) is 0 Å². The monoisotopic (exact) mass is 262 g/mol. The van der Waals surface area contributed by atoms with Crippen LogP contribution in [-0.4, -0.2) is 34.6 Å². The van der Waals surface area contributed by atoms with E-state index in [0.29, 0.717) is 6.07 Å². The third kappa shape index (κ3) is 2.23. The molecule has 3 nitrogen and oxygen atoms in total. The van der Waals surface area contributed by atoms with Crippen molar-refractivity contribution >= 4 is 0 Å². The van der Waals surface area contributed by atoms with E-state index < -0.39 is 42.2 Å². The van der Waals surface area contributed by atoms with Gasteiger partial charge < -0.3 is 14.9 Å². The Kier molecular flexibility index (Phi) is 3.61. The van der Waals surface area contributed by atoms with Crippen molar-refractivity contribution in [3.05, 3.63) is 35.4 Å². The van der Waals surface area contributed by atoms with Crippen LogP contribution in [0.25, 0.3) is 0 Å². The Labute approximate surface area is 102 Å². The summed E-state index contributed by atoms with van der Waals surface area (Å²) >= 11 is 0. The molecule has 0 radical (unpaired) electrons. The average molecular weight is 262 g/mol. The Hall–Kier alpha value is -1.11. The van der Waals surface area contributed by atoms with E-state index in [9.17, 15) is 23.4 Å². The number of aliphatic hydroxyl groups excluding tert-OH is 2. The first-order valence-electron chi connectivity index (χ1n) is 5.52. The molecule has 1 aromatic rings. The Morgan fingerprint density at radius 3 is 2.33 bits per heavy atom. The zero-order chi connectivity index (χ0) is 13.4. The number of aliphatic hydroxyl groups is 2. The molecule has 100 valence electrons. The van der Waals surface area contributed by atoms with Gasteiger partial charge in [-0.3, -0.25) is 0 Å². The van der Waals surface area contributed by atoms with Crippen molar-refractivity contribution in [1.29, 1.82) is 0 Å². The first-order chi connectivity index (χ1) is 8.41. The summed E-state index contributed by atoms with van der Waals surface area (Å²) < 4.78 is 44.8. The van der Waals surface area contributed by atoms with Gasteiger partial charge in [0.2, 0.25) is 0 Å². The fourth-order valence-corrected chi connectivity index (χ4v) is 2.00. The van der Waals surface area contributed by atoms with Gasteiger partial charge >= 0.3 is 0 Å². The lowest BCUT2D eigenvalue weighted by molar-refractivity contribution is -0.0333. The Bertz CT molecular complexity index is 441. The first kappa shape index (κ1) is 13.3. The number of alkyl halides is 1. The van der Waals surface area contributed by atoms with E-state index in [1.807, 2.05) is 0 Å². The fourth-order valence-electron chi connectivity index (χ4n) is 2.00. The first-order valence-corrected chi connectivity index (χ1v) is 5.52. The van der Waals surface area contributed by atoms with Gasteiger partial charge in [-0.05, 0) is 24.6 Å². The van der Waals surface area contributed by atoms with Gasteiger partial charge in [0.25, 0.3) is 0 Å². The second-order valence-corrected chi connectivity index (χ2v) is 4.36. The standard InChI is InChI=1S/C12H13F3O3/c1-5-10(16)11(17)12(18-5)9(15)6-2-3-7(13)8(14)4-6/h2-5,9-12,16-17H,1H3/t5-,9-,10-,11-,12+/m0/s1. The molecule has 5 atom stereocenters. The van der Waals surface area contributed by atoms with Crippen LogP contribution in [0.15, 0.2) is 18.2 Å². The normalized spacial score (nSPS) is 33.7. The van der Waals surface area contributed by atoms with E-state index in [1.165, 1.54) is 6.92 Å². The third-order valence-corrected chi connectivity index (χ3v) is 3.09. The smallest absolute Gasteiger partial charge is 0.159 e. The summed E-state index contributed by atoms with van der Waals surface area (Å²) in [7, 11) is 0. The lowest BCUT2D eigenvalue weighted by atomic mass is 9.99. The Balaban J connectivity index is 2.21.